The number of rotatable bonds is 16. The Bertz CT molecular complexity index is 2300. The molecule has 4 fully saturated rings. The van der Waals surface area contributed by atoms with Gasteiger partial charge in [-0.2, -0.15) is 5.26 Å². The predicted octanol–water partition coefficient (Wildman–Crippen LogP) is 6.36. The van der Waals surface area contributed by atoms with Crippen LogP contribution < -0.4 is 31.0 Å². The van der Waals surface area contributed by atoms with E-state index in [9.17, 15) is 24.4 Å². The number of nitriles is 1. The van der Waals surface area contributed by atoms with E-state index in [-0.39, 0.29) is 42.5 Å². The summed E-state index contributed by atoms with van der Waals surface area (Å²) in [5.74, 6) is 0.799. The number of anilines is 1. The molecule has 3 atom stereocenters. The first-order valence-electron chi connectivity index (χ1n) is 24.2. The van der Waals surface area contributed by atoms with Crippen LogP contribution in [0.4, 0.5) is 5.82 Å². The van der Waals surface area contributed by atoms with E-state index in [2.05, 4.69) is 94.2 Å². The molecule has 2 saturated heterocycles. The van der Waals surface area contributed by atoms with Crippen LogP contribution in [-0.4, -0.2) is 115 Å². The Kier molecular flexibility index (Phi) is 15.7. The van der Waals surface area contributed by atoms with E-state index in [1.165, 1.54) is 36.3 Å². The molecule has 4 aliphatic rings. The molecule has 68 heavy (non-hydrogen) atoms. The van der Waals surface area contributed by atoms with E-state index in [0.29, 0.717) is 53.9 Å². The molecule has 0 bridgehead atoms. The molecule has 4 N–H and O–H groups in total. The molecule has 3 heterocycles. The van der Waals surface area contributed by atoms with Crippen LogP contribution in [0.3, 0.4) is 0 Å². The summed E-state index contributed by atoms with van der Waals surface area (Å²) in [5.41, 5.74) is 4.99. The van der Waals surface area contributed by atoms with Crippen molar-refractivity contribution >= 4 is 41.0 Å². The fourth-order valence-corrected chi connectivity index (χ4v) is 11.0. The summed E-state index contributed by atoms with van der Waals surface area (Å²) in [6.45, 7) is 20.0. The summed E-state index contributed by atoms with van der Waals surface area (Å²) in [6, 6.07) is 17.4. The molecule has 16 heteroatoms. The molecule has 0 radical (unpaired) electrons. The molecule has 2 saturated carbocycles. The molecule has 0 spiro atoms. The van der Waals surface area contributed by atoms with E-state index in [0.717, 1.165) is 37.6 Å². The molecular weight excluding hydrogens is 882 g/mol. The number of amides is 4. The Morgan fingerprint density at radius 2 is 1.66 bits per heavy atom. The summed E-state index contributed by atoms with van der Waals surface area (Å²) in [5, 5.41) is 20.2. The van der Waals surface area contributed by atoms with Crippen LogP contribution in [-0.2, 0) is 25.7 Å². The number of hydrogen-bond acceptors (Lipinski definition) is 11. The largest absolute Gasteiger partial charge is 0.489 e. The Morgan fingerprint density at radius 3 is 2.28 bits per heavy atom. The second-order valence-corrected chi connectivity index (χ2v) is 21.8. The van der Waals surface area contributed by atoms with E-state index < -0.39 is 34.2 Å². The number of hydrazine groups is 1. The van der Waals surface area contributed by atoms with Crippen molar-refractivity contribution in [1.29, 1.82) is 5.26 Å². The Hall–Kier alpha value is -5.27. The average Bonchev–Trinajstić information content (AvgIpc) is 4.00. The first-order valence-corrected chi connectivity index (χ1v) is 24.6. The van der Waals surface area contributed by atoms with Crippen molar-refractivity contribution in [2.45, 2.75) is 130 Å². The smallest absolute Gasteiger partial charge is 0.260 e. The van der Waals surface area contributed by atoms with Crippen molar-refractivity contribution in [3.05, 3.63) is 88.1 Å². The minimum Gasteiger partial charge on any atom is -0.489 e. The second-order valence-electron chi connectivity index (χ2n) is 21.4. The molecule has 2 aliphatic carbocycles. The number of benzene rings is 2. The maximum Gasteiger partial charge on any atom is 0.260 e. The van der Waals surface area contributed by atoms with Crippen molar-refractivity contribution in [1.82, 2.24) is 36.3 Å². The van der Waals surface area contributed by atoms with Gasteiger partial charge in [-0.05, 0) is 72.9 Å². The first-order chi connectivity index (χ1) is 32.3. The predicted molar refractivity (Wildman–Crippen MR) is 262 cm³/mol. The molecule has 7 rings (SSSR count). The van der Waals surface area contributed by atoms with Gasteiger partial charge in [0, 0.05) is 74.4 Å². The molecular formula is C52H70ClN9O6. The number of carbonyl (C=O) groups is 4. The molecule has 2 aliphatic heterocycles. The standard InChI is InChI=1S/C52H70ClN9O6/c1-33-27-41(46(65)56-30-34-13-15-36(16-14-34)35-11-9-10-12-35)62(59-33)47(66)44(50(2,3)4)57-43(63)32-67-26-25-60-21-23-61(24-22-60)42-20-18-38(31-55-42)45(64)58-48-51(5,6)49(52(48,7)8)68-39-19-17-37(29-54)40(53)28-39/h13-20,28,31,33,35,41,44,48-49,59H,9-12,21-27,30,32H2,1-8H3,(H,56,65)(H,57,63)(H,58,64)/t33-,41+,44-,48-,49-/m1/s1. The lowest BCUT2D eigenvalue weighted by molar-refractivity contribution is -0.164. The molecule has 0 unspecified atom stereocenters. The molecule has 2 aromatic carbocycles. The summed E-state index contributed by atoms with van der Waals surface area (Å²) in [6.07, 6.45) is 6.90. The van der Waals surface area contributed by atoms with Crippen LogP contribution in [0.25, 0.3) is 0 Å². The van der Waals surface area contributed by atoms with Crippen molar-refractivity contribution in [3.8, 4) is 11.8 Å². The number of pyridine rings is 1. The Morgan fingerprint density at radius 1 is 0.971 bits per heavy atom. The summed E-state index contributed by atoms with van der Waals surface area (Å²) in [4.78, 5) is 63.5. The van der Waals surface area contributed by atoms with Gasteiger partial charge in [-0.25, -0.2) is 10.4 Å². The Balaban J connectivity index is 0.819. The van der Waals surface area contributed by atoms with Crippen molar-refractivity contribution in [2.24, 2.45) is 16.2 Å². The Labute approximate surface area is 407 Å². The fraction of sp³-hybridized carbons (Fsp3) is 0.577. The zero-order chi connectivity index (χ0) is 49.0. The van der Waals surface area contributed by atoms with Gasteiger partial charge < -0.3 is 30.3 Å². The van der Waals surface area contributed by atoms with Crippen molar-refractivity contribution < 1.29 is 28.7 Å². The summed E-state index contributed by atoms with van der Waals surface area (Å²) in [7, 11) is 0. The van der Waals surface area contributed by atoms with Crippen LogP contribution in [0.2, 0.25) is 5.02 Å². The number of ether oxygens (including phenoxy) is 2. The van der Waals surface area contributed by atoms with E-state index in [4.69, 9.17) is 21.1 Å². The van der Waals surface area contributed by atoms with E-state index in [1.54, 1.807) is 30.5 Å². The number of nitrogens with zero attached hydrogens (tertiary/aromatic N) is 5. The van der Waals surface area contributed by atoms with Gasteiger partial charge in [0.15, 0.2) is 0 Å². The quantitative estimate of drug-likeness (QED) is 0.118. The minimum absolute atomic E-state index is 0.101. The lowest BCUT2D eigenvalue weighted by Gasteiger charge is -2.63. The number of piperazine rings is 1. The van der Waals surface area contributed by atoms with E-state index >= 15 is 0 Å². The van der Waals surface area contributed by atoms with Gasteiger partial charge in [-0.1, -0.05) is 97.2 Å². The van der Waals surface area contributed by atoms with Crippen LogP contribution in [0.15, 0.2) is 60.8 Å². The zero-order valence-corrected chi connectivity index (χ0v) is 41.7. The van der Waals surface area contributed by atoms with Gasteiger partial charge in [0.25, 0.3) is 11.8 Å². The number of nitrogens with one attached hydrogen (secondary N) is 4. The molecule has 3 aromatic rings. The molecule has 1 aromatic heterocycles. The third kappa shape index (κ3) is 11.6. The van der Waals surface area contributed by atoms with Crippen molar-refractivity contribution in [2.75, 3.05) is 50.8 Å². The number of carbonyl (C=O) groups excluding carboxylic acids is 4. The van der Waals surface area contributed by atoms with Gasteiger partial charge in [-0.3, -0.25) is 29.1 Å². The molecule has 4 amide bonds. The maximum absolute atomic E-state index is 14.1. The lowest BCUT2D eigenvalue weighted by atomic mass is 9.49. The molecule has 15 nitrogen and oxygen atoms in total. The average molecular weight is 953 g/mol. The number of aromatic nitrogens is 1. The van der Waals surface area contributed by atoms with Gasteiger partial charge in [0.2, 0.25) is 11.8 Å². The highest BCUT2D eigenvalue weighted by Crippen LogP contribution is 2.55. The van der Waals surface area contributed by atoms with Gasteiger partial charge >= 0.3 is 0 Å². The summed E-state index contributed by atoms with van der Waals surface area (Å²) < 4.78 is 12.2. The van der Waals surface area contributed by atoms with E-state index in [1.807, 2.05) is 33.8 Å². The highest BCUT2D eigenvalue weighted by Gasteiger charge is 2.64. The van der Waals surface area contributed by atoms with Crippen LogP contribution >= 0.6 is 11.6 Å². The highest BCUT2D eigenvalue weighted by atomic mass is 35.5. The monoisotopic (exact) mass is 952 g/mol. The number of halogens is 1. The van der Waals surface area contributed by atoms with Gasteiger partial charge in [0.1, 0.15) is 42.4 Å². The maximum atomic E-state index is 14.1. The second kappa shape index (κ2) is 21.2. The third-order valence-corrected chi connectivity index (χ3v) is 14.7. The van der Waals surface area contributed by atoms with Crippen LogP contribution in [0, 0.1) is 27.6 Å². The lowest BCUT2D eigenvalue weighted by Crippen LogP contribution is -2.74. The summed E-state index contributed by atoms with van der Waals surface area (Å²) >= 11 is 6.26. The highest BCUT2D eigenvalue weighted by molar-refractivity contribution is 6.31. The third-order valence-electron chi connectivity index (χ3n) is 14.4. The SMILES string of the molecule is C[C@@H]1C[C@@H](C(=O)NCc2ccc(C3CCCC3)cc2)N(C(=O)[C@@H](NC(=O)COCCN2CCN(c3ccc(C(=O)N[C@H]4C(C)(C)[C@H](Oc5ccc(C#N)c(Cl)c5)C4(C)C)cn3)CC2)C(C)(C)C)N1. The van der Waals surface area contributed by atoms with Gasteiger partial charge in [-0.15, -0.1) is 0 Å². The van der Waals surface area contributed by atoms with Crippen LogP contribution in [0.5, 0.6) is 5.75 Å². The van der Waals surface area contributed by atoms with Crippen LogP contribution in [0.1, 0.15) is 120 Å². The topological polar surface area (TPSA) is 181 Å². The normalized spacial score (nSPS) is 23.0. The fourth-order valence-electron chi connectivity index (χ4n) is 10.8. The zero-order valence-electron chi connectivity index (χ0n) is 41.0. The molecule has 366 valence electrons. The van der Waals surface area contributed by atoms with Gasteiger partial charge in [0.05, 0.1) is 22.8 Å². The van der Waals surface area contributed by atoms with Crippen molar-refractivity contribution in [3.63, 3.8) is 0 Å². The first kappa shape index (κ1) is 50.6. The minimum atomic E-state index is -0.891. The number of hydrogen-bond donors (Lipinski definition) is 4.